The largest absolute Gasteiger partial charge is 0.377 e. The molecule has 0 spiro atoms. The van der Waals surface area contributed by atoms with Gasteiger partial charge in [-0.25, -0.2) is 4.98 Å². The van der Waals surface area contributed by atoms with Crippen molar-refractivity contribution in [3.8, 4) is 11.5 Å². The van der Waals surface area contributed by atoms with Crippen LogP contribution < -0.4 is 0 Å². The molecule has 1 saturated carbocycles. The molecule has 2 aromatic heterocycles. The highest BCUT2D eigenvalue weighted by Crippen LogP contribution is 2.31. The number of nitrogens with zero attached hydrogens (tertiary/aromatic N) is 3. The Balaban J connectivity index is 1.75. The fourth-order valence-corrected chi connectivity index (χ4v) is 2.58. The third-order valence-electron chi connectivity index (χ3n) is 3.57. The van der Waals surface area contributed by atoms with Gasteiger partial charge < -0.3 is 9.26 Å². The Hall–Kier alpha value is -1.69. The monoisotopic (exact) mass is 262 g/mol. The Morgan fingerprint density at radius 3 is 3.00 bits per heavy atom. The second-order valence-electron chi connectivity index (χ2n) is 4.99. The minimum Gasteiger partial charge on any atom is -0.377 e. The van der Waals surface area contributed by atoms with Crippen LogP contribution in [0.4, 0.5) is 0 Å². The van der Waals surface area contributed by atoms with Crippen LogP contribution in [0.1, 0.15) is 49.6 Å². The van der Waals surface area contributed by atoms with Crippen LogP contribution in [0.2, 0.25) is 0 Å². The molecule has 0 atom stereocenters. The molecule has 0 amide bonds. The average molecular weight is 262 g/mol. The van der Waals surface area contributed by atoms with Gasteiger partial charge >= 0.3 is 0 Å². The van der Waals surface area contributed by atoms with E-state index in [1.807, 2.05) is 6.07 Å². The van der Waals surface area contributed by atoms with E-state index in [1.54, 1.807) is 7.11 Å². The predicted molar refractivity (Wildman–Crippen MR) is 68.4 cm³/mol. The summed E-state index contributed by atoms with van der Waals surface area (Å²) in [6, 6.07) is 1.82. The normalized spacial score (nSPS) is 16.9. The molecule has 3 rings (SSSR count). The molecule has 2 aromatic rings. The maximum atomic E-state index is 5.15. The zero-order valence-corrected chi connectivity index (χ0v) is 11.1. The van der Waals surface area contributed by atoms with Gasteiger partial charge in [0, 0.05) is 19.1 Å². The molecule has 0 unspecified atom stereocenters. The Morgan fingerprint density at radius 1 is 1.37 bits per heavy atom. The van der Waals surface area contributed by atoms with E-state index in [-0.39, 0.29) is 0 Å². The van der Waals surface area contributed by atoms with Crippen molar-refractivity contribution in [1.82, 2.24) is 20.3 Å². The Morgan fingerprint density at radius 2 is 2.21 bits per heavy atom. The minimum absolute atomic E-state index is 0.410. The molecule has 6 nitrogen and oxygen atoms in total. The van der Waals surface area contributed by atoms with Crippen molar-refractivity contribution in [3.63, 3.8) is 0 Å². The van der Waals surface area contributed by atoms with E-state index in [1.165, 1.54) is 32.1 Å². The van der Waals surface area contributed by atoms with Gasteiger partial charge in [-0.15, -0.1) is 0 Å². The Labute approximate surface area is 111 Å². The maximum absolute atomic E-state index is 5.15. The van der Waals surface area contributed by atoms with E-state index in [0.717, 1.165) is 5.82 Å². The predicted octanol–water partition coefficient (Wildman–Crippen LogP) is 2.65. The van der Waals surface area contributed by atoms with Gasteiger partial charge in [0.15, 0.2) is 11.5 Å². The molecule has 0 saturated heterocycles. The Kier molecular flexibility index (Phi) is 3.59. The molecule has 1 aliphatic carbocycles. The molecule has 0 bridgehead atoms. The van der Waals surface area contributed by atoms with E-state index in [9.17, 15) is 0 Å². The number of hydrogen-bond acceptors (Lipinski definition) is 5. The van der Waals surface area contributed by atoms with E-state index in [2.05, 4.69) is 20.3 Å². The fourth-order valence-electron chi connectivity index (χ4n) is 2.58. The first-order chi connectivity index (χ1) is 9.36. The van der Waals surface area contributed by atoms with Crippen LogP contribution in [0.25, 0.3) is 11.5 Å². The van der Waals surface area contributed by atoms with Gasteiger partial charge in [0.1, 0.15) is 12.4 Å². The van der Waals surface area contributed by atoms with Crippen molar-refractivity contribution in [3.05, 3.63) is 17.7 Å². The third-order valence-corrected chi connectivity index (χ3v) is 3.57. The highest BCUT2D eigenvalue weighted by Gasteiger charge is 2.20. The molecular formula is C13H18N4O2. The van der Waals surface area contributed by atoms with Gasteiger partial charge in [0.2, 0.25) is 5.82 Å². The van der Waals surface area contributed by atoms with Crippen LogP contribution in [0.3, 0.4) is 0 Å². The molecule has 0 radical (unpaired) electrons. The number of nitrogens with one attached hydrogen (secondary N) is 1. The van der Waals surface area contributed by atoms with E-state index in [4.69, 9.17) is 9.26 Å². The van der Waals surface area contributed by atoms with Crippen LogP contribution in [0.5, 0.6) is 0 Å². The summed E-state index contributed by atoms with van der Waals surface area (Å²) in [7, 11) is 1.62. The first-order valence-corrected chi connectivity index (χ1v) is 6.74. The van der Waals surface area contributed by atoms with Crippen molar-refractivity contribution < 1.29 is 9.26 Å². The summed E-state index contributed by atoms with van der Waals surface area (Å²) in [6.07, 6.45) is 6.29. The van der Waals surface area contributed by atoms with Gasteiger partial charge in [-0.2, -0.15) is 5.10 Å². The standard InChI is InChI=1S/C13H18N4O2/c1-18-8-10-7-11(17-19-10)13-14-12(15-16-13)9-5-3-2-4-6-9/h7,9H,2-6,8H2,1H3,(H,14,15,16). The Bertz CT molecular complexity index is 528. The maximum Gasteiger partial charge on any atom is 0.203 e. The van der Waals surface area contributed by atoms with Crippen molar-refractivity contribution in [1.29, 1.82) is 0 Å². The van der Waals surface area contributed by atoms with Crippen molar-refractivity contribution in [2.75, 3.05) is 7.11 Å². The summed E-state index contributed by atoms with van der Waals surface area (Å²) >= 11 is 0. The highest BCUT2D eigenvalue weighted by molar-refractivity contribution is 5.47. The van der Waals surface area contributed by atoms with E-state index in [0.29, 0.717) is 29.8 Å². The van der Waals surface area contributed by atoms with Crippen LogP contribution in [-0.2, 0) is 11.3 Å². The molecule has 6 heteroatoms. The molecule has 1 fully saturated rings. The number of hydrogen-bond donors (Lipinski definition) is 1. The SMILES string of the molecule is COCc1cc(-c2n[nH]c(C3CCCCC3)n2)no1. The highest BCUT2D eigenvalue weighted by atomic mass is 16.5. The molecular weight excluding hydrogens is 244 g/mol. The number of aromatic amines is 1. The lowest BCUT2D eigenvalue weighted by Gasteiger charge is -2.18. The second-order valence-corrected chi connectivity index (χ2v) is 4.99. The number of ether oxygens (including phenoxy) is 1. The van der Waals surface area contributed by atoms with Gasteiger partial charge in [0.05, 0.1) is 0 Å². The summed E-state index contributed by atoms with van der Waals surface area (Å²) in [5, 5.41) is 11.2. The summed E-state index contributed by atoms with van der Waals surface area (Å²) < 4.78 is 10.1. The third kappa shape index (κ3) is 2.68. The smallest absolute Gasteiger partial charge is 0.203 e. The van der Waals surface area contributed by atoms with Crippen LogP contribution in [-0.4, -0.2) is 27.4 Å². The summed E-state index contributed by atoms with van der Waals surface area (Å²) in [4.78, 5) is 4.55. The molecule has 2 heterocycles. The van der Waals surface area contributed by atoms with Gasteiger partial charge in [-0.05, 0) is 12.8 Å². The van der Waals surface area contributed by atoms with E-state index < -0.39 is 0 Å². The quantitative estimate of drug-likeness (QED) is 0.916. The number of H-pyrrole nitrogens is 1. The van der Waals surface area contributed by atoms with Gasteiger partial charge in [0.25, 0.3) is 0 Å². The van der Waals surface area contributed by atoms with Crippen molar-refractivity contribution >= 4 is 0 Å². The number of rotatable bonds is 4. The fraction of sp³-hybridized carbons (Fsp3) is 0.615. The lowest BCUT2D eigenvalue weighted by molar-refractivity contribution is 0.156. The molecule has 19 heavy (non-hydrogen) atoms. The molecule has 1 aliphatic rings. The van der Waals surface area contributed by atoms with Gasteiger partial charge in [-0.3, -0.25) is 5.10 Å². The molecule has 0 aliphatic heterocycles. The minimum atomic E-state index is 0.410. The van der Waals surface area contributed by atoms with Crippen molar-refractivity contribution in [2.24, 2.45) is 0 Å². The zero-order valence-electron chi connectivity index (χ0n) is 11.1. The zero-order chi connectivity index (χ0) is 13.1. The van der Waals surface area contributed by atoms with Gasteiger partial charge in [-0.1, -0.05) is 24.4 Å². The first kappa shape index (κ1) is 12.3. The van der Waals surface area contributed by atoms with Crippen LogP contribution in [0, 0.1) is 0 Å². The van der Waals surface area contributed by atoms with E-state index >= 15 is 0 Å². The lowest BCUT2D eigenvalue weighted by Crippen LogP contribution is -2.06. The topological polar surface area (TPSA) is 76.8 Å². The summed E-state index contributed by atoms with van der Waals surface area (Å²) in [5.41, 5.74) is 0.658. The molecule has 1 N–H and O–H groups in total. The molecule has 0 aromatic carbocycles. The van der Waals surface area contributed by atoms with Crippen LogP contribution in [0.15, 0.2) is 10.6 Å². The molecule has 102 valence electrons. The average Bonchev–Trinajstić information content (AvgIpc) is 3.08. The number of methoxy groups -OCH3 is 1. The summed E-state index contributed by atoms with van der Waals surface area (Å²) in [5.74, 6) is 2.78. The number of aromatic nitrogens is 4. The first-order valence-electron chi connectivity index (χ1n) is 6.74. The van der Waals surface area contributed by atoms with Crippen LogP contribution >= 0.6 is 0 Å². The second kappa shape index (κ2) is 5.52. The summed E-state index contributed by atoms with van der Waals surface area (Å²) in [6.45, 7) is 0.410. The van der Waals surface area contributed by atoms with Crippen molar-refractivity contribution in [2.45, 2.75) is 44.6 Å². The lowest BCUT2D eigenvalue weighted by atomic mass is 9.89.